The summed E-state index contributed by atoms with van der Waals surface area (Å²) in [4.78, 5) is 4.23. The Balaban J connectivity index is 2.33. The van der Waals surface area contributed by atoms with Crippen LogP contribution in [0.4, 0.5) is 0 Å². The lowest BCUT2D eigenvalue weighted by molar-refractivity contribution is 0.240. The molecule has 0 unspecified atom stereocenters. The van der Waals surface area contributed by atoms with Crippen LogP contribution < -0.4 is 5.73 Å². The smallest absolute Gasteiger partial charge is 0.192 e. The zero-order valence-electron chi connectivity index (χ0n) is 13.6. The van der Waals surface area contributed by atoms with E-state index in [1.54, 1.807) is 11.3 Å². The van der Waals surface area contributed by atoms with Gasteiger partial charge in [0.2, 0.25) is 0 Å². The van der Waals surface area contributed by atoms with E-state index in [2.05, 4.69) is 23.1 Å². The van der Waals surface area contributed by atoms with Crippen molar-refractivity contribution in [3.63, 3.8) is 0 Å². The molecule has 24 heavy (non-hydrogen) atoms. The second-order valence-electron chi connectivity index (χ2n) is 6.35. The molecule has 2 aliphatic rings. The summed E-state index contributed by atoms with van der Waals surface area (Å²) in [5, 5.41) is 29.4. The lowest BCUT2D eigenvalue weighted by Gasteiger charge is -2.44. The molecular weight excluding hydrogens is 318 g/mol. The Morgan fingerprint density at radius 1 is 1.29 bits per heavy atom. The second kappa shape index (κ2) is 5.80. The summed E-state index contributed by atoms with van der Waals surface area (Å²) in [7, 11) is 2.00. The van der Waals surface area contributed by atoms with E-state index in [9.17, 15) is 15.8 Å². The van der Waals surface area contributed by atoms with Gasteiger partial charge in [-0.1, -0.05) is 6.08 Å². The van der Waals surface area contributed by atoms with Gasteiger partial charge in [-0.05, 0) is 31.7 Å². The molecule has 0 fully saturated rings. The zero-order valence-corrected chi connectivity index (χ0v) is 14.4. The molecule has 5 nitrogen and oxygen atoms in total. The van der Waals surface area contributed by atoms with Crippen LogP contribution in [0.25, 0.3) is 0 Å². The molecule has 1 aromatic rings. The van der Waals surface area contributed by atoms with Crippen molar-refractivity contribution in [2.45, 2.75) is 12.8 Å². The predicted octanol–water partition coefficient (Wildman–Crippen LogP) is 2.41. The number of hydrogen-bond donors (Lipinski definition) is 1. The van der Waals surface area contributed by atoms with Crippen LogP contribution in [-0.2, 0) is 0 Å². The highest BCUT2D eigenvalue weighted by Gasteiger charge is 2.54. The van der Waals surface area contributed by atoms with E-state index in [-0.39, 0.29) is 17.5 Å². The van der Waals surface area contributed by atoms with Gasteiger partial charge in [0.15, 0.2) is 5.41 Å². The molecule has 0 spiro atoms. The third-order valence-corrected chi connectivity index (χ3v) is 6.00. The highest BCUT2D eigenvalue weighted by Crippen LogP contribution is 2.55. The molecule has 0 amide bonds. The van der Waals surface area contributed by atoms with Gasteiger partial charge in [0, 0.05) is 34.7 Å². The van der Waals surface area contributed by atoms with Crippen LogP contribution >= 0.6 is 11.3 Å². The molecule has 120 valence electrons. The molecule has 0 bridgehead atoms. The quantitative estimate of drug-likeness (QED) is 0.849. The number of likely N-dealkylation sites (N-methyl/N-ethyl adjacent to an activating group) is 1. The van der Waals surface area contributed by atoms with E-state index in [0.29, 0.717) is 12.1 Å². The van der Waals surface area contributed by atoms with Crippen LogP contribution in [-0.4, -0.2) is 25.0 Å². The first-order valence-corrected chi connectivity index (χ1v) is 8.48. The number of hydrogen-bond acceptors (Lipinski definition) is 6. The molecule has 2 N–H and O–H groups in total. The Hall–Kier alpha value is -2.59. The van der Waals surface area contributed by atoms with Gasteiger partial charge in [0.25, 0.3) is 0 Å². The van der Waals surface area contributed by atoms with Crippen molar-refractivity contribution in [2.24, 2.45) is 17.1 Å². The van der Waals surface area contributed by atoms with Gasteiger partial charge >= 0.3 is 0 Å². The molecule has 0 saturated carbocycles. The van der Waals surface area contributed by atoms with Crippen molar-refractivity contribution in [2.75, 3.05) is 20.1 Å². The minimum absolute atomic E-state index is 0.0944. The Kier molecular flexibility index (Phi) is 3.93. The lowest BCUT2D eigenvalue weighted by atomic mass is 9.59. The maximum Gasteiger partial charge on any atom is 0.192 e. The summed E-state index contributed by atoms with van der Waals surface area (Å²) in [6.45, 7) is 3.42. The fourth-order valence-corrected chi connectivity index (χ4v) is 4.86. The van der Waals surface area contributed by atoms with Gasteiger partial charge in [-0.25, -0.2) is 0 Å². The van der Waals surface area contributed by atoms with Gasteiger partial charge in [-0.2, -0.15) is 15.8 Å². The fourth-order valence-electron chi connectivity index (χ4n) is 3.75. The summed E-state index contributed by atoms with van der Waals surface area (Å²) in [6, 6.07) is 10.4. The number of thiophene rings is 1. The van der Waals surface area contributed by atoms with Crippen molar-refractivity contribution < 1.29 is 0 Å². The average Bonchev–Trinajstić information content (AvgIpc) is 3.00. The van der Waals surface area contributed by atoms with Crippen LogP contribution in [0.1, 0.15) is 15.7 Å². The van der Waals surface area contributed by atoms with Crippen molar-refractivity contribution in [3.8, 4) is 18.2 Å². The number of aryl methyl sites for hydroxylation is 1. The molecule has 0 saturated heterocycles. The molecule has 1 aliphatic heterocycles. The lowest BCUT2D eigenvalue weighted by Crippen LogP contribution is -2.47. The van der Waals surface area contributed by atoms with E-state index in [1.165, 1.54) is 0 Å². The molecule has 1 aromatic heterocycles. The summed E-state index contributed by atoms with van der Waals surface area (Å²) in [6.07, 6.45) is 2.01. The Labute approximate surface area is 145 Å². The average molecular weight is 335 g/mol. The number of nitrogens with zero attached hydrogens (tertiary/aromatic N) is 4. The fraction of sp³-hybridized carbons (Fsp3) is 0.389. The van der Waals surface area contributed by atoms with Crippen LogP contribution in [0.15, 0.2) is 35.1 Å². The molecular formula is C18H17N5S. The van der Waals surface area contributed by atoms with Crippen molar-refractivity contribution in [1.29, 1.82) is 15.8 Å². The topological polar surface area (TPSA) is 101 Å². The first-order chi connectivity index (χ1) is 11.5. The van der Waals surface area contributed by atoms with E-state index >= 15 is 0 Å². The van der Waals surface area contributed by atoms with Crippen LogP contribution in [0.2, 0.25) is 0 Å². The van der Waals surface area contributed by atoms with Gasteiger partial charge in [0.05, 0.1) is 23.4 Å². The van der Waals surface area contributed by atoms with Crippen molar-refractivity contribution in [3.05, 3.63) is 44.8 Å². The number of allylic oxidation sites excluding steroid dienone is 2. The molecule has 2 atom stereocenters. The van der Waals surface area contributed by atoms with Gasteiger partial charge in [-0.15, -0.1) is 11.3 Å². The van der Waals surface area contributed by atoms with E-state index in [0.717, 1.165) is 21.9 Å². The summed E-state index contributed by atoms with van der Waals surface area (Å²) in [5.41, 5.74) is 6.00. The summed E-state index contributed by atoms with van der Waals surface area (Å²) < 4.78 is 0. The normalized spacial score (nSPS) is 25.9. The van der Waals surface area contributed by atoms with Crippen molar-refractivity contribution in [1.82, 2.24) is 4.90 Å². The standard InChI is InChI=1S/C18H17N5S/c1-11-3-4-15(24-11)16-14-8-23(2)6-5-12(14)13(7-19)17(22)18(16,9-20)10-21/h3-5,14,16H,6,8,22H2,1-2H3/t14-,16-/m1/s1. The SMILES string of the molecule is Cc1ccc([C@H]2[C@@H]3CN(C)CC=C3C(C#N)=C(N)C2(C#N)C#N)s1. The Morgan fingerprint density at radius 2 is 2.00 bits per heavy atom. The zero-order chi connectivity index (χ0) is 17.5. The maximum absolute atomic E-state index is 9.90. The Bertz CT molecular complexity index is 856. The first-order valence-electron chi connectivity index (χ1n) is 7.66. The van der Waals surface area contributed by atoms with Crippen LogP contribution in [0, 0.1) is 52.2 Å². The third kappa shape index (κ3) is 2.14. The number of nitriles is 3. The molecule has 2 heterocycles. The monoisotopic (exact) mass is 335 g/mol. The van der Waals surface area contributed by atoms with Crippen molar-refractivity contribution >= 4 is 11.3 Å². The molecule has 3 rings (SSSR count). The van der Waals surface area contributed by atoms with Gasteiger partial charge < -0.3 is 10.6 Å². The van der Waals surface area contributed by atoms with E-state index in [1.807, 2.05) is 32.2 Å². The van der Waals surface area contributed by atoms with Gasteiger partial charge in [-0.3, -0.25) is 0 Å². The molecule has 1 aliphatic carbocycles. The second-order valence-corrected chi connectivity index (χ2v) is 7.66. The molecule has 6 heteroatoms. The third-order valence-electron chi connectivity index (χ3n) is 4.91. The van der Waals surface area contributed by atoms with Gasteiger partial charge in [0.1, 0.15) is 6.07 Å². The van der Waals surface area contributed by atoms with E-state index < -0.39 is 5.41 Å². The minimum atomic E-state index is -1.51. The first kappa shape index (κ1) is 16.3. The maximum atomic E-state index is 9.90. The minimum Gasteiger partial charge on any atom is -0.399 e. The largest absolute Gasteiger partial charge is 0.399 e. The molecule has 0 radical (unpaired) electrons. The predicted molar refractivity (Wildman–Crippen MR) is 91.4 cm³/mol. The number of fused-ring (bicyclic) bond motifs is 1. The number of rotatable bonds is 1. The summed E-state index contributed by atoms with van der Waals surface area (Å²) in [5.74, 6) is -0.458. The number of nitrogens with two attached hydrogens (primary N) is 1. The van der Waals surface area contributed by atoms with Crippen LogP contribution in [0.3, 0.4) is 0 Å². The summed E-state index contributed by atoms with van der Waals surface area (Å²) >= 11 is 1.59. The molecule has 0 aromatic carbocycles. The highest BCUT2D eigenvalue weighted by atomic mass is 32.1. The Morgan fingerprint density at radius 3 is 2.54 bits per heavy atom. The van der Waals surface area contributed by atoms with Crippen LogP contribution in [0.5, 0.6) is 0 Å². The van der Waals surface area contributed by atoms with E-state index in [4.69, 9.17) is 5.73 Å². The highest BCUT2D eigenvalue weighted by molar-refractivity contribution is 7.12.